The maximum absolute atomic E-state index is 5.44. The normalized spacial score (nSPS) is 27.2. The molecule has 17 heavy (non-hydrogen) atoms. The maximum atomic E-state index is 5.44. The Morgan fingerprint density at radius 1 is 1.18 bits per heavy atom. The molecule has 0 aromatic heterocycles. The fourth-order valence-corrected chi connectivity index (χ4v) is 4.15. The lowest BCUT2D eigenvalue weighted by molar-refractivity contribution is 0.0235. The van der Waals surface area contributed by atoms with Gasteiger partial charge in [-0.3, -0.25) is 0 Å². The Labute approximate surface area is 114 Å². The summed E-state index contributed by atoms with van der Waals surface area (Å²) in [7, 11) is 1.85. The van der Waals surface area contributed by atoms with Gasteiger partial charge in [0.2, 0.25) is 0 Å². The zero-order valence-electron chi connectivity index (χ0n) is 11.1. The van der Waals surface area contributed by atoms with E-state index in [9.17, 15) is 0 Å². The minimum Gasteiger partial charge on any atom is -0.381 e. The number of nitrogens with zero attached hydrogens (tertiary/aromatic N) is 1. The first-order chi connectivity index (χ1) is 8.28. The first-order valence-electron chi connectivity index (χ1n) is 7.09. The molecule has 0 aromatic rings. The van der Waals surface area contributed by atoms with Crippen molar-refractivity contribution >= 4 is 15.9 Å². The molecule has 1 aliphatic heterocycles. The molecule has 0 N–H and O–H groups in total. The van der Waals surface area contributed by atoms with Crippen molar-refractivity contribution in [3.05, 3.63) is 0 Å². The highest BCUT2D eigenvalue weighted by Gasteiger charge is 2.33. The van der Waals surface area contributed by atoms with E-state index in [4.69, 9.17) is 4.74 Å². The standard InChI is InChI=1S/C14H26BrNO/c1-17-13-5-9-16(10-6-13)12-14(11-15)7-3-2-4-8-14/h13H,2-12H2,1H3. The zero-order valence-corrected chi connectivity index (χ0v) is 12.7. The fourth-order valence-electron chi connectivity index (χ4n) is 3.41. The van der Waals surface area contributed by atoms with Gasteiger partial charge in [-0.05, 0) is 31.1 Å². The summed E-state index contributed by atoms with van der Waals surface area (Å²) in [5.41, 5.74) is 0.568. The summed E-state index contributed by atoms with van der Waals surface area (Å²) in [6.45, 7) is 3.76. The minimum absolute atomic E-state index is 0.512. The SMILES string of the molecule is COC1CCN(CC2(CBr)CCCCC2)CC1. The van der Waals surface area contributed by atoms with Crippen LogP contribution in [-0.4, -0.2) is 43.1 Å². The maximum Gasteiger partial charge on any atom is 0.0595 e. The summed E-state index contributed by atoms with van der Waals surface area (Å²) in [4.78, 5) is 2.67. The first-order valence-corrected chi connectivity index (χ1v) is 8.21. The average Bonchev–Trinajstić information content (AvgIpc) is 2.41. The van der Waals surface area contributed by atoms with Gasteiger partial charge in [-0.25, -0.2) is 0 Å². The highest BCUT2D eigenvalue weighted by atomic mass is 79.9. The van der Waals surface area contributed by atoms with Crippen molar-refractivity contribution in [1.82, 2.24) is 4.90 Å². The molecule has 0 bridgehead atoms. The molecule has 1 saturated carbocycles. The molecule has 0 amide bonds. The number of likely N-dealkylation sites (tertiary alicyclic amines) is 1. The van der Waals surface area contributed by atoms with Crippen molar-refractivity contribution in [3.63, 3.8) is 0 Å². The topological polar surface area (TPSA) is 12.5 Å². The Bertz CT molecular complexity index is 220. The lowest BCUT2D eigenvalue weighted by Crippen LogP contribution is -2.45. The van der Waals surface area contributed by atoms with Crippen molar-refractivity contribution in [3.8, 4) is 0 Å². The van der Waals surface area contributed by atoms with Crippen molar-refractivity contribution in [2.75, 3.05) is 32.1 Å². The summed E-state index contributed by atoms with van der Waals surface area (Å²) in [6.07, 6.45) is 10.1. The van der Waals surface area contributed by atoms with Crippen LogP contribution in [0.25, 0.3) is 0 Å². The summed E-state index contributed by atoms with van der Waals surface area (Å²) >= 11 is 3.77. The van der Waals surface area contributed by atoms with Crippen molar-refractivity contribution in [1.29, 1.82) is 0 Å². The molecule has 0 unspecified atom stereocenters. The molecular formula is C14H26BrNO. The van der Waals surface area contributed by atoms with Crippen LogP contribution in [0.2, 0.25) is 0 Å². The van der Waals surface area contributed by atoms with Crippen LogP contribution in [0.5, 0.6) is 0 Å². The van der Waals surface area contributed by atoms with Crippen LogP contribution in [0.15, 0.2) is 0 Å². The van der Waals surface area contributed by atoms with E-state index in [1.54, 1.807) is 0 Å². The van der Waals surface area contributed by atoms with E-state index in [0.717, 1.165) is 0 Å². The smallest absolute Gasteiger partial charge is 0.0595 e. The Morgan fingerprint density at radius 2 is 1.82 bits per heavy atom. The summed E-state index contributed by atoms with van der Waals surface area (Å²) in [5, 5.41) is 1.18. The Kier molecular flexibility index (Phi) is 5.31. The van der Waals surface area contributed by atoms with Gasteiger partial charge in [-0.2, -0.15) is 0 Å². The molecule has 1 heterocycles. The monoisotopic (exact) mass is 303 g/mol. The molecule has 100 valence electrons. The largest absolute Gasteiger partial charge is 0.381 e. The van der Waals surface area contributed by atoms with Gasteiger partial charge < -0.3 is 9.64 Å². The predicted molar refractivity (Wildman–Crippen MR) is 75.8 cm³/mol. The highest BCUT2D eigenvalue weighted by Crippen LogP contribution is 2.39. The summed E-state index contributed by atoms with van der Waals surface area (Å²) in [6, 6.07) is 0. The summed E-state index contributed by atoms with van der Waals surface area (Å²) < 4.78 is 5.44. The van der Waals surface area contributed by atoms with Crippen molar-refractivity contribution in [2.24, 2.45) is 5.41 Å². The number of hydrogen-bond acceptors (Lipinski definition) is 2. The van der Waals surface area contributed by atoms with Crippen LogP contribution >= 0.6 is 15.9 Å². The van der Waals surface area contributed by atoms with E-state index in [1.165, 1.54) is 69.9 Å². The molecule has 2 rings (SSSR count). The van der Waals surface area contributed by atoms with E-state index < -0.39 is 0 Å². The minimum atomic E-state index is 0.512. The predicted octanol–water partition coefficient (Wildman–Crippen LogP) is 3.44. The number of piperidine rings is 1. The molecule has 2 aliphatic rings. The third kappa shape index (κ3) is 3.68. The molecule has 1 saturated heterocycles. The first kappa shape index (κ1) is 13.8. The van der Waals surface area contributed by atoms with Gasteiger partial charge in [0.1, 0.15) is 0 Å². The number of hydrogen-bond donors (Lipinski definition) is 0. The van der Waals surface area contributed by atoms with Gasteiger partial charge in [-0.1, -0.05) is 35.2 Å². The van der Waals surface area contributed by atoms with E-state index in [0.29, 0.717) is 11.5 Å². The van der Waals surface area contributed by atoms with Gasteiger partial charge in [0.25, 0.3) is 0 Å². The van der Waals surface area contributed by atoms with Gasteiger partial charge in [0, 0.05) is 32.1 Å². The highest BCUT2D eigenvalue weighted by molar-refractivity contribution is 9.09. The molecule has 0 spiro atoms. The molecule has 0 aromatic carbocycles. The van der Waals surface area contributed by atoms with E-state index in [1.807, 2.05) is 7.11 Å². The summed E-state index contributed by atoms with van der Waals surface area (Å²) in [5.74, 6) is 0. The van der Waals surface area contributed by atoms with Gasteiger partial charge in [0.15, 0.2) is 0 Å². The van der Waals surface area contributed by atoms with Crippen LogP contribution in [0.4, 0.5) is 0 Å². The van der Waals surface area contributed by atoms with Crippen LogP contribution < -0.4 is 0 Å². The lowest BCUT2D eigenvalue weighted by atomic mass is 9.75. The van der Waals surface area contributed by atoms with E-state index in [2.05, 4.69) is 20.8 Å². The van der Waals surface area contributed by atoms with E-state index >= 15 is 0 Å². The van der Waals surface area contributed by atoms with Crippen LogP contribution in [0.1, 0.15) is 44.9 Å². The lowest BCUT2D eigenvalue weighted by Gasteiger charge is -2.42. The van der Waals surface area contributed by atoms with E-state index in [-0.39, 0.29) is 0 Å². The van der Waals surface area contributed by atoms with Crippen LogP contribution in [0, 0.1) is 5.41 Å². The van der Waals surface area contributed by atoms with Gasteiger partial charge in [-0.15, -0.1) is 0 Å². The number of halogens is 1. The third-order valence-electron chi connectivity index (χ3n) is 4.62. The quantitative estimate of drug-likeness (QED) is 0.738. The Morgan fingerprint density at radius 3 is 2.35 bits per heavy atom. The average molecular weight is 304 g/mol. The third-order valence-corrected chi connectivity index (χ3v) is 5.81. The second-order valence-electron chi connectivity index (χ2n) is 5.91. The molecule has 3 heteroatoms. The van der Waals surface area contributed by atoms with Gasteiger partial charge in [0.05, 0.1) is 6.10 Å². The molecule has 2 nitrogen and oxygen atoms in total. The number of alkyl halides is 1. The molecule has 2 fully saturated rings. The Hall–Kier alpha value is 0.400. The van der Waals surface area contributed by atoms with Gasteiger partial charge >= 0.3 is 0 Å². The van der Waals surface area contributed by atoms with Crippen molar-refractivity contribution < 1.29 is 4.74 Å². The number of rotatable bonds is 4. The molecule has 0 atom stereocenters. The molecule has 1 aliphatic carbocycles. The van der Waals surface area contributed by atoms with Crippen molar-refractivity contribution in [2.45, 2.75) is 51.0 Å². The Balaban J connectivity index is 1.82. The second kappa shape index (κ2) is 6.53. The second-order valence-corrected chi connectivity index (χ2v) is 6.47. The molecule has 0 radical (unpaired) electrons. The van der Waals surface area contributed by atoms with Crippen LogP contribution in [0.3, 0.4) is 0 Å². The number of methoxy groups -OCH3 is 1. The van der Waals surface area contributed by atoms with Crippen LogP contribution in [-0.2, 0) is 4.74 Å². The number of ether oxygens (including phenoxy) is 1. The zero-order chi connectivity index (χ0) is 12.1. The fraction of sp³-hybridized carbons (Fsp3) is 1.00. The molecular weight excluding hydrogens is 278 g/mol.